The Kier molecular flexibility index (Phi) is 2.44. The summed E-state index contributed by atoms with van der Waals surface area (Å²) < 4.78 is 0. The number of fused-ring (bicyclic) bond motifs is 1. The Morgan fingerprint density at radius 3 is 2.41 bits per heavy atom. The normalized spacial score (nSPS) is 17.3. The molecule has 0 unspecified atom stereocenters. The van der Waals surface area contributed by atoms with Gasteiger partial charge in [0.2, 0.25) is 0 Å². The summed E-state index contributed by atoms with van der Waals surface area (Å²) in [6, 6.07) is 13.0. The van der Waals surface area contributed by atoms with E-state index in [9.17, 15) is 5.11 Å². The van der Waals surface area contributed by atoms with Gasteiger partial charge in [-0.05, 0) is 53.5 Å². The van der Waals surface area contributed by atoms with Crippen LogP contribution >= 0.6 is 0 Å². The lowest BCUT2D eigenvalue weighted by Gasteiger charge is -2.14. The quantitative estimate of drug-likeness (QED) is 0.849. The van der Waals surface area contributed by atoms with Gasteiger partial charge in [-0.3, -0.25) is 0 Å². The monoisotopic (exact) mass is 226 g/mol. The van der Waals surface area contributed by atoms with E-state index in [4.69, 9.17) is 0 Å². The average molecular weight is 226 g/mol. The molecule has 0 amide bonds. The Morgan fingerprint density at radius 1 is 1.06 bits per heavy atom. The summed E-state index contributed by atoms with van der Waals surface area (Å²) in [4.78, 5) is 0. The molecule has 0 bridgehead atoms. The number of aliphatic hydroxyl groups is 1. The molecule has 1 nitrogen and oxygen atoms in total. The van der Waals surface area contributed by atoms with Gasteiger partial charge in [-0.25, -0.2) is 0 Å². The van der Waals surface area contributed by atoms with Crippen molar-refractivity contribution in [1.29, 1.82) is 0 Å². The molecule has 3 rings (SSSR count). The summed E-state index contributed by atoms with van der Waals surface area (Å²) in [5.74, 6) is 0. The lowest BCUT2D eigenvalue weighted by Crippen LogP contribution is -2.10. The third-order valence-electron chi connectivity index (χ3n) is 4.09. The Morgan fingerprint density at radius 2 is 1.76 bits per heavy atom. The maximum atomic E-state index is 9.44. The van der Waals surface area contributed by atoms with Crippen LogP contribution < -0.4 is 0 Å². The van der Waals surface area contributed by atoms with Gasteiger partial charge in [0.25, 0.3) is 0 Å². The molecule has 0 heterocycles. The van der Waals surface area contributed by atoms with Crippen LogP contribution in [0.25, 0.3) is 10.8 Å². The molecular formula is C16H18O. The fourth-order valence-electron chi connectivity index (χ4n) is 2.64. The number of aliphatic hydroxyl groups excluding tert-OH is 1. The van der Waals surface area contributed by atoms with Crippen LogP contribution in [0, 0.1) is 12.3 Å². The fourth-order valence-corrected chi connectivity index (χ4v) is 2.64. The van der Waals surface area contributed by atoms with Gasteiger partial charge in [0, 0.05) is 6.61 Å². The van der Waals surface area contributed by atoms with Gasteiger partial charge in [0.15, 0.2) is 0 Å². The number of aryl methyl sites for hydroxylation is 1. The van der Waals surface area contributed by atoms with Crippen LogP contribution in [0.15, 0.2) is 36.4 Å². The molecule has 1 saturated carbocycles. The minimum atomic E-state index is 0.192. The zero-order valence-corrected chi connectivity index (χ0v) is 10.2. The first-order valence-corrected chi connectivity index (χ1v) is 6.32. The predicted octanol–water partition coefficient (Wildman–Crippen LogP) is 3.46. The Balaban J connectivity index is 2.08. The van der Waals surface area contributed by atoms with Crippen molar-refractivity contribution in [3.8, 4) is 0 Å². The highest BCUT2D eigenvalue weighted by Gasteiger charge is 2.42. The van der Waals surface area contributed by atoms with Gasteiger partial charge in [-0.1, -0.05) is 36.4 Å². The lowest BCUT2D eigenvalue weighted by atomic mass is 9.92. The van der Waals surface area contributed by atoms with E-state index in [0.717, 1.165) is 6.42 Å². The molecule has 17 heavy (non-hydrogen) atoms. The fraction of sp³-hybridized carbons (Fsp3) is 0.375. The molecule has 2 aromatic rings. The van der Waals surface area contributed by atoms with Crippen LogP contribution in [-0.2, 0) is 6.42 Å². The van der Waals surface area contributed by atoms with Gasteiger partial charge >= 0.3 is 0 Å². The predicted molar refractivity (Wildman–Crippen MR) is 71.1 cm³/mol. The molecule has 0 saturated heterocycles. The molecule has 2 aromatic carbocycles. The largest absolute Gasteiger partial charge is 0.396 e. The van der Waals surface area contributed by atoms with Gasteiger partial charge in [0.1, 0.15) is 0 Å². The van der Waals surface area contributed by atoms with E-state index in [0.29, 0.717) is 6.61 Å². The van der Waals surface area contributed by atoms with Crippen molar-refractivity contribution in [2.75, 3.05) is 6.61 Å². The number of benzene rings is 2. The lowest BCUT2D eigenvalue weighted by molar-refractivity contribution is 0.211. The van der Waals surface area contributed by atoms with Crippen molar-refractivity contribution in [3.05, 3.63) is 47.5 Å². The molecule has 1 aliphatic carbocycles. The molecule has 1 N–H and O–H groups in total. The highest BCUT2D eigenvalue weighted by molar-refractivity contribution is 5.88. The maximum absolute atomic E-state index is 9.44. The average Bonchev–Trinajstić information content (AvgIpc) is 3.14. The number of rotatable bonds is 3. The van der Waals surface area contributed by atoms with E-state index in [1.165, 1.54) is 34.7 Å². The minimum absolute atomic E-state index is 0.192. The molecule has 0 radical (unpaired) electrons. The highest BCUT2D eigenvalue weighted by Crippen LogP contribution is 2.48. The van der Waals surface area contributed by atoms with Crippen molar-refractivity contribution in [3.63, 3.8) is 0 Å². The number of hydrogen-bond acceptors (Lipinski definition) is 1. The molecule has 0 aliphatic heterocycles. The van der Waals surface area contributed by atoms with Crippen molar-refractivity contribution in [2.45, 2.75) is 26.2 Å². The summed E-state index contributed by atoms with van der Waals surface area (Å²) in [7, 11) is 0. The molecule has 1 aliphatic rings. The Bertz CT molecular complexity index is 552. The first-order chi connectivity index (χ1) is 8.24. The van der Waals surface area contributed by atoms with Crippen LogP contribution in [0.1, 0.15) is 24.0 Å². The van der Waals surface area contributed by atoms with Crippen LogP contribution in [-0.4, -0.2) is 11.7 Å². The number of hydrogen-bond donors (Lipinski definition) is 1. The van der Waals surface area contributed by atoms with Crippen LogP contribution in [0.3, 0.4) is 0 Å². The van der Waals surface area contributed by atoms with Crippen molar-refractivity contribution >= 4 is 10.8 Å². The van der Waals surface area contributed by atoms with Gasteiger partial charge in [-0.15, -0.1) is 0 Å². The van der Waals surface area contributed by atoms with Crippen LogP contribution in [0.5, 0.6) is 0 Å². The van der Waals surface area contributed by atoms with Crippen LogP contribution in [0.2, 0.25) is 0 Å². The second kappa shape index (κ2) is 3.85. The Hall–Kier alpha value is -1.34. The standard InChI is InChI=1S/C16H18O/c1-12-6-7-13(10-16(11-17)8-9-16)15-5-3-2-4-14(12)15/h2-7,17H,8-11H2,1H3. The third kappa shape index (κ3) is 1.85. The topological polar surface area (TPSA) is 20.2 Å². The zero-order valence-electron chi connectivity index (χ0n) is 10.2. The zero-order chi connectivity index (χ0) is 11.9. The summed E-state index contributed by atoms with van der Waals surface area (Å²) in [6.45, 7) is 2.49. The first-order valence-electron chi connectivity index (χ1n) is 6.32. The summed E-state index contributed by atoms with van der Waals surface area (Å²) in [5, 5.41) is 12.1. The van der Waals surface area contributed by atoms with Crippen molar-refractivity contribution in [2.24, 2.45) is 5.41 Å². The second-order valence-electron chi connectivity index (χ2n) is 5.42. The SMILES string of the molecule is Cc1ccc(CC2(CO)CC2)c2ccccc12. The highest BCUT2D eigenvalue weighted by atomic mass is 16.3. The van der Waals surface area contributed by atoms with Crippen LogP contribution in [0.4, 0.5) is 0 Å². The van der Waals surface area contributed by atoms with Gasteiger partial charge in [-0.2, -0.15) is 0 Å². The van der Waals surface area contributed by atoms with E-state index in [1.807, 2.05) is 0 Å². The van der Waals surface area contributed by atoms with E-state index in [-0.39, 0.29) is 5.41 Å². The van der Waals surface area contributed by atoms with Crippen molar-refractivity contribution in [1.82, 2.24) is 0 Å². The smallest absolute Gasteiger partial charge is 0.0490 e. The summed E-state index contributed by atoms with van der Waals surface area (Å²) in [5.41, 5.74) is 2.91. The van der Waals surface area contributed by atoms with E-state index < -0.39 is 0 Å². The van der Waals surface area contributed by atoms with E-state index >= 15 is 0 Å². The second-order valence-corrected chi connectivity index (χ2v) is 5.42. The molecule has 0 spiro atoms. The van der Waals surface area contributed by atoms with E-state index in [2.05, 4.69) is 43.3 Å². The van der Waals surface area contributed by atoms with E-state index in [1.54, 1.807) is 0 Å². The molecule has 0 atom stereocenters. The molecular weight excluding hydrogens is 208 g/mol. The molecule has 88 valence electrons. The molecule has 0 aromatic heterocycles. The van der Waals surface area contributed by atoms with Gasteiger partial charge < -0.3 is 5.11 Å². The Labute approximate surface area is 102 Å². The molecule has 1 fully saturated rings. The summed E-state index contributed by atoms with van der Waals surface area (Å²) >= 11 is 0. The van der Waals surface area contributed by atoms with Gasteiger partial charge in [0.05, 0.1) is 0 Å². The maximum Gasteiger partial charge on any atom is 0.0490 e. The minimum Gasteiger partial charge on any atom is -0.396 e. The third-order valence-corrected chi connectivity index (χ3v) is 4.09. The molecule has 1 heteroatoms. The first kappa shape index (κ1) is 10.8. The van der Waals surface area contributed by atoms with Crippen molar-refractivity contribution < 1.29 is 5.11 Å². The summed E-state index contributed by atoms with van der Waals surface area (Å²) in [6.07, 6.45) is 3.36.